The smallest absolute Gasteiger partial charge is 0.312 e. The van der Waals surface area contributed by atoms with E-state index < -0.39 is 12.1 Å². The van der Waals surface area contributed by atoms with Crippen LogP contribution in [0.4, 0.5) is 4.79 Å². The lowest BCUT2D eigenvalue weighted by Gasteiger charge is -2.18. The highest BCUT2D eigenvalue weighted by atomic mass is 35.5. The van der Waals surface area contributed by atoms with Crippen molar-refractivity contribution in [2.45, 2.75) is 25.9 Å². The van der Waals surface area contributed by atoms with E-state index in [2.05, 4.69) is 20.2 Å². The molecule has 0 aliphatic heterocycles. The second kappa shape index (κ2) is 8.75. The van der Waals surface area contributed by atoms with E-state index in [9.17, 15) is 9.59 Å². The quantitative estimate of drug-likeness (QED) is 0.569. The summed E-state index contributed by atoms with van der Waals surface area (Å²) in [5.41, 5.74) is 7.97. The van der Waals surface area contributed by atoms with Gasteiger partial charge in [-0.2, -0.15) is 0 Å². The van der Waals surface area contributed by atoms with Gasteiger partial charge < -0.3 is 20.9 Å². The van der Waals surface area contributed by atoms with Gasteiger partial charge in [-0.3, -0.25) is 4.79 Å². The fraction of sp³-hybridized carbons (Fsp3) is 0.250. The molecule has 1 atom stereocenters. The molecule has 0 bridgehead atoms. The maximum absolute atomic E-state index is 12.4. The summed E-state index contributed by atoms with van der Waals surface area (Å²) in [7, 11) is 0. The number of nitrogens with one attached hydrogen (secondary N) is 2. The second-order valence-corrected chi connectivity index (χ2v) is 6.90. The summed E-state index contributed by atoms with van der Waals surface area (Å²) >= 11 is 5.90. The Hall–Kier alpha value is -3.06. The Labute approximate surface area is 167 Å². The number of para-hydroxylation sites is 2. The number of hydrogen-bond donors (Lipinski definition) is 3. The highest BCUT2D eigenvalue weighted by Crippen LogP contribution is 2.19. The summed E-state index contributed by atoms with van der Waals surface area (Å²) < 4.78 is 2.06. The van der Waals surface area contributed by atoms with E-state index in [1.54, 1.807) is 24.3 Å². The first-order chi connectivity index (χ1) is 13.4. The fourth-order valence-corrected chi connectivity index (χ4v) is 3.29. The van der Waals surface area contributed by atoms with Crippen molar-refractivity contribution < 1.29 is 9.59 Å². The van der Waals surface area contributed by atoms with Crippen LogP contribution in [0.2, 0.25) is 5.02 Å². The number of urea groups is 1. The van der Waals surface area contributed by atoms with Crippen LogP contribution in [0.25, 0.3) is 11.0 Å². The minimum Gasteiger partial charge on any atom is -0.354 e. The van der Waals surface area contributed by atoms with E-state index in [1.165, 1.54) is 0 Å². The Morgan fingerprint density at radius 3 is 2.61 bits per heavy atom. The van der Waals surface area contributed by atoms with Crippen LogP contribution in [0, 0.1) is 6.92 Å². The molecule has 1 aromatic heterocycles. The molecule has 146 valence electrons. The molecule has 28 heavy (non-hydrogen) atoms. The number of hydrogen-bond acceptors (Lipinski definition) is 3. The third kappa shape index (κ3) is 4.80. The zero-order valence-electron chi connectivity index (χ0n) is 15.5. The van der Waals surface area contributed by atoms with Crippen LogP contribution in [0.15, 0.2) is 48.5 Å². The molecule has 0 radical (unpaired) electrons. The predicted molar refractivity (Wildman–Crippen MR) is 109 cm³/mol. The molecule has 0 saturated heterocycles. The average Bonchev–Trinajstić information content (AvgIpc) is 2.97. The molecule has 0 aliphatic rings. The van der Waals surface area contributed by atoms with Crippen LogP contribution < -0.4 is 16.4 Å². The molecule has 2 aromatic carbocycles. The van der Waals surface area contributed by atoms with Gasteiger partial charge in [-0.25, -0.2) is 9.78 Å². The monoisotopic (exact) mass is 399 g/mol. The van der Waals surface area contributed by atoms with Gasteiger partial charge in [-0.1, -0.05) is 35.9 Å². The van der Waals surface area contributed by atoms with Gasteiger partial charge >= 0.3 is 6.03 Å². The first-order valence-corrected chi connectivity index (χ1v) is 9.32. The molecule has 0 saturated carbocycles. The third-order valence-electron chi connectivity index (χ3n) is 4.48. The summed E-state index contributed by atoms with van der Waals surface area (Å²) in [5, 5.41) is 6.07. The van der Waals surface area contributed by atoms with Crippen molar-refractivity contribution in [1.82, 2.24) is 20.2 Å². The number of carbonyl (C=O) groups excluding carboxylic acids is 2. The average molecular weight is 400 g/mol. The van der Waals surface area contributed by atoms with E-state index in [1.807, 2.05) is 31.2 Å². The van der Waals surface area contributed by atoms with Crippen LogP contribution in [0.1, 0.15) is 23.9 Å². The lowest BCUT2D eigenvalue weighted by atomic mass is 10.0. The van der Waals surface area contributed by atoms with Gasteiger partial charge in [0, 0.05) is 18.1 Å². The van der Waals surface area contributed by atoms with Crippen molar-refractivity contribution in [3.05, 3.63) is 64.9 Å². The molecule has 8 heteroatoms. The lowest BCUT2D eigenvalue weighted by Crippen LogP contribution is -2.37. The van der Waals surface area contributed by atoms with Crippen molar-refractivity contribution in [2.24, 2.45) is 5.73 Å². The molecule has 3 rings (SSSR count). The van der Waals surface area contributed by atoms with Gasteiger partial charge in [-0.15, -0.1) is 0 Å². The fourth-order valence-electron chi connectivity index (χ4n) is 3.16. The van der Waals surface area contributed by atoms with Crippen molar-refractivity contribution in [3.63, 3.8) is 0 Å². The largest absolute Gasteiger partial charge is 0.354 e. The maximum atomic E-state index is 12.4. The number of benzene rings is 2. The number of aryl methyl sites for hydroxylation is 1. The van der Waals surface area contributed by atoms with E-state index in [0.717, 1.165) is 22.4 Å². The number of halogens is 1. The van der Waals surface area contributed by atoms with E-state index in [-0.39, 0.29) is 12.3 Å². The van der Waals surface area contributed by atoms with Crippen LogP contribution in [-0.4, -0.2) is 28.0 Å². The summed E-state index contributed by atoms with van der Waals surface area (Å²) in [5.74, 6) is 0.709. The molecule has 3 amide bonds. The van der Waals surface area contributed by atoms with Gasteiger partial charge in [0.2, 0.25) is 5.91 Å². The van der Waals surface area contributed by atoms with E-state index >= 15 is 0 Å². The first-order valence-electron chi connectivity index (χ1n) is 8.94. The van der Waals surface area contributed by atoms with Crippen LogP contribution in [-0.2, 0) is 11.3 Å². The number of rotatable bonds is 7. The standard InChI is InChI=1S/C20H22ClN5O2/c1-13-24-16-4-2-3-5-18(16)26(13)11-10-23-19(27)12-17(25-20(22)28)14-6-8-15(21)9-7-14/h2-9,17H,10-12H2,1H3,(H,23,27)(H3,22,25,28)/t17-/m1/s1. The molecular weight excluding hydrogens is 378 g/mol. The minimum absolute atomic E-state index is 0.0776. The molecule has 0 fully saturated rings. The summed E-state index contributed by atoms with van der Waals surface area (Å²) in [6, 6.07) is 13.6. The normalized spacial score (nSPS) is 11.9. The highest BCUT2D eigenvalue weighted by Gasteiger charge is 2.17. The van der Waals surface area contributed by atoms with Crippen LogP contribution >= 0.6 is 11.6 Å². The summed E-state index contributed by atoms with van der Waals surface area (Å²) in [4.78, 5) is 28.2. The zero-order valence-corrected chi connectivity index (χ0v) is 16.2. The number of primary amides is 1. The summed E-state index contributed by atoms with van der Waals surface area (Å²) in [6.45, 7) is 2.99. The number of nitrogens with zero attached hydrogens (tertiary/aromatic N) is 2. The van der Waals surface area contributed by atoms with E-state index in [0.29, 0.717) is 18.1 Å². The number of amides is 3. The Morgan fingerprint density at radius 2 is 1.89 bits per heavy atom. The Kier molecular flexibility index (Phi) is 6.16. The highest BCUT2D eigenvalue weighted by molar-refractivity contribution is 6.30. The Balaban J connectivity index is 1.60. The number of fused-ring (bicyclic) bond motifs is 1. The van der Waals surface area contributed by atoms with Gasteiger partial charge in [0.1, 0.15) is 5.82 Å². The van der Waals surface area contributed by atoms with Gasteiger partial charge in [-0.05, 0) is 36.8 Å². The zero-order chi connectivity index (χ0) is 20.1. The number of imidazole rings is 1. The SMILES string of the molecule is Cc1nc2ccccc2n1CCNC(=O)C[C@@H](NC(N)=O)c1ccc(Cl)cc1. The molecule has 0 aliphatic carbocycles. The molecule has 1 heterocycles. The van der Waals surface area contributed by atoms with Crippen LogP contribution in [0.5, 0.6) is 0 Å². The van der Waals surface area contributed by atoms with Crippen LogP contribution in [0.3, 0.4) is 0 Å². The number of nitrogens with two attached hydrogens (primary N) is 1. The number of carbonyl (C=O) groups is 2. The Bertz CT molecular complexity index is 984. The summed E-state index contributed by atoms with van der Waals surface area (Å²) in [6.07, 6.45) is 0.0776. The van der Waals surface area contributed by atoms with Gasteiger partial charge in [0.15, 0.2) is 0 Å². The van der Waals surface area contributed by atoms with Gasteiger partial charge in [0.25, 0.3) is 0 Å². The first kappa shape index (κ1) is 19.7. The maximum Gasteiger partial charge on any atom is 0.312 e. The Morgan fingerprint density at radius 1 is 1.18 bits per heavy atom. The topological polar surface area (TPSA) is 102 Å². The van der Waals surface area contributed by atoms with Crippen molar-refractivity contribution >= 4 is 34.6 Å². The minimum atomic E-state index is -0.687. The van der Waals surface area contributed by atoms with Crippen molar-refractivity contribution in [3.8, 4) is 0 Å². The van der Waals surface area contributed by atoms with Crippen molar-refractivity contribution in [1.29, 1.82) is 0 Å². The molecule has 0 unspecified atom stereocenters. The molecule has 4 N–H and O–H groups in total. The van der Waals surface area contributed by atoms with Crippen molar-refractivity contribution in [2.75, 3.05) is 6.54 Å². The molecule has 0 spiro atoms. The third-order valence-corrected chi connectivity index (χ3v) is 4.73. The van der Waals surface area contributed by atoms with E-state index in [4.69, 9.17) is 17.3 Å². The number of aromatic nitrogens is 2. The predicted octanol–water partition coefficient (Wildman–Crippen LogP) is 2.91. The molecular formula is C20H22ClN5O2. The lowest BCUT2D eigenvalue weighted by molar-refractivity contribution is -0.121. The molecule has 7 nitrogen and oxygen atoms in total. The molecule has 3 aromatic rings. The second-order valence-electron chi connectivity index (χ2n) is 6.47. The van der Waals surface area contributed by atoms with Gasteiger partial charge in [0.05, 0.1) is 23.5 Å².